The smallest absolute Gasteiger partial charge is 0.326 e. The normalized spacial score (nSPS) is 21.7. The molecule has 1 fully saturated rings. The van der Waals surface area contributed by atoms with Crippen LogP contribution in [0, 0.1) is 11.3 Å². The molecule has 3 aromatic rings. The second kappa shape index (κ2) is 12.3. The molecule has 0 bridgehead atoms. The number of methoxy groups -OCH3 is 1. The number of nitrogens with zero attached hydrogens (tertiary/aromatic N) is 1. The van der Waals surface area contributed by atoms with Crippen LogP contribution in [0.25, 0.3) is 0 Å². The van der Waals surface area contributed by atoms with Gasteiger partial charge in [-0.1, -0.05) is 114 Å². The number of carbonyl (C=O) groups is 2. The fraction of sp³-hybridized carbons (Fsp3) is 0.444. The summed E-state index contributed by atoms with van der Waals surface area (Å²) in [4.78, 5) is 29.2. The number of hydrogen-bond donors (Lipinski definition) is 2. The third-order valence-corrected chi connectivity index (χ3v) is 8.66. The van der Waals surface area contributed by atoms with Gasteiger partial charge in [0.1, 0.15) is 11.8 Å². The minimum atomic E-state index is -1.01. The first-order valence-corrected chi connectivity index (χ1v) is 14.8. The van der Waals surface area contributed by atoms with Gasteiger partial charge in [0.15, 0.2) is 0 Å². The zero-order chi connectivity index (χ0) is 30.8. The number of hydrogen-bond acceptors (Lipinski definition) is 4. The molecule has 1 saturated heterocycles. The minimum absolute atomic E-state index is 0.0416. The van der Waals surface area contributed by atoms with Crippen molar-refractivity contribution in [3.05, 3.63) is 101 Å². The molecular weight excluding hydrogens is 524 g/mol. The second-order valence-corrected chi connectivity index (χ2v) is 13.6. The van der Waals surface area contributed by atoms with E-state index in [9.17, 15) is 14.7 Å². The number of amides is 1. The Balaban J connectivity index is 1.84. The third-order valence-electron chi connectivity index (χ3n) is 8.66. The van der Waals surface area contributed by atoms with Crippen LogP contribution in [0.1, 0.15) is 82.7 Å². The zero-order valence-electron chi connectivity index (χ0n) is 26.2. The van der Waals surface area contributed by atoms with Crippen LogP contribution in [0.15, 0.2) is 78.9 Å². The maximum atomic E-state index is 14.4. The van der Waals surface area contributed by atoms with Gasteiger partial charge in [0.25, 0.3) is 0 Å². The Labute approximate surface area is 251 Å². The lowest BCUT2D eigenvalue weighted by molar-refractivity contribution is -0.152. The van der Waals surface area contributed by atoms with Gasteiger partial charge in [0.05, 0.1) is 19.1 Å². The molecule has 0 radical (unpaired) electrons. The quantitative estimate of drug-likeness (QED) is 0.306. The molecule has 224 valence electrons. The number of ether oxygens (including phenoxy) is 1. The highest BCUT2D eigenvalue weighted by molar-refractivity contribution is 5.89. The largest absolute Gasteiger partial charge is 0.496 e. The summed E-state index contributed by atoms with van der Waals surface area (Å²) in [5.74, 6) is -1.27. The number of carboxylic acids is 1. The number of rotatable bonds is 8. The lowest BCUT2D eigenvalue weighted by Gasteiger charge is -2.35. The topological polar surface area (TPSA) is 78.9 Å². The Morgan fingerprint density at radius 3 is 2.05 bits per heavy atom. The minimum Gasteiger partial charge on any atom is -0.496 e. The van der Waals surface area contributed by atoms with Gasteiger partial charge in [-0.05, 0) is 40.5 Å². The summed E-state index contributed by atoms with van der Waals surface area (Å²) in [6.45, 7) is 15.1. The van der Waals surface area contributed by atoms with Crippen LogP contribution in [-0.4, -0.2) is 41.1 Å². The molecule has 0 aromatic heterocycles. The van der Waals surface area contributed by atoms with E-state index in [1.807, 2.05) is 73.7 Å². The van der Waals surface area contributed by atoms with E-state index in [1.165, 1.54) is 5.56 Å². The van der Waals surface area contributed by atoms with Gasteiger partial charge in [-0.15, -0.1) is 0 Å². The molecule has 1 aliphatic heterocycles. The Hall–Kier alpha value is -3.64. The highest BCUT2D eigenvalue weighted by atomic mass is 16.5. The first kappa shape index (κ1) is 31.3. The standard InChI is InChI=1S/C36H46N2O4/c1-23(24-15-11-9-12-16-24)33(39)38-31(25-17-13-10-14-18-25)30(29(36(5,6)7)32(38)34(40)41)37-22-26-21-27(35(2,3)4)19-20-28(26)42-8/h9-21,23,29-32,37H,22H2,1-8H3,(H,40,41)/t23-,29-,30-,31-,32-/m0/s1. The van der Waals surface area contributed by atoms with Crippen LogP contribution >= 0.6 is 0 Å². The van der Waals surface area contributed by atoms with Crippen molar-refractivity contribution in [2.45, 2.75) is 84.5 Å². The van der Waals surface area contributed by atoms with E-state index in [1.54, 1.807) is 12.0 Å². The van der Waals surface area contributed by atoms with Crippen LogP contribution in [0.2, 0.25) is 0 Å². The number of benzene rings is 3. The average molecular weight is 571 g/mol. The molecule has 3 aromatic carbocycles. The van der Waals surface area contributed by atoms with Crippen molar-refractivity contribution < 1.29 is 19.4 Å². The van der Waals surface area contributed by atoms with Gasteiger partial charge < -0.3 is 20.1 Å². The van der Waals surface area contributed by atoms with Crippen LogP contribution < -0.4 is 10.1 Å². The van der Waals surface area contributed by atoms with Gasteiger partial charge in [0.2, 0.25) is 5.91 Å². The molecule has 6 heteroatoms. The first-order chi connectivity index (χ1) is 19.8. The van der Waals surface area contributed by atoms with Crippen molar-refractivity contribution in [3.8, 4) is 5.75 Å². The predicted molar refractivity (Wildman–Crippen MR) is 168 cm³/mol. The zero-order valence-corrected chi connectivity index (χ0v) is 26.2. The number of likely N-dealkylation sites (tertiary alicyclic amines) is 1. The highest BCUT2D eigenvalue weighted by Crippen LogP contribution is 2.49. The summed E-state index contributed by atoms with van der Waals surface area (Å²) in [5.41, 5.74) is 3.51. The van der Waals surface area contributed by atoms with Crippen molar-refractivity contribution in [1.29, 1.82) is 0 Å². The Morgan fingerprint density at radius 1 is 0.929 bits per heavy atom. The third kappa shape index (κ3) is 6.39. The molecule has 0 spiro atoms. The van der Waals surface area contributed by atoms with Crippen LogP contribution in [0.5, 0.6) is 5.75 Å². The summed E-state index contributed by atoms with van der Waals surface area (Å²) in [6.07, 6.45) is 0. The van der Waals surface area contributed by atoms with Gasteiger partial charge in [-0.2, -0.15) is 0 Å². The van der Waals surface area contributed by atoms with E-state index in [4.69, 9.17) is 4.74 Å². The van der Waals surface area contributed by atoms with E-state index in [-0.39, 0.29) is 23.3 Å². The summed E-state index contributed by atoms with van der Waals surface area (Å²) in [7, 11) is 1.67. The number of nitrogens with one attached hydrogen (secondary N) is 1. The van der Waals surface area contributed by atoms with Crippen LogP contribution in [0.4, 0.5) is 0 Å². The average Bonchev–Trinajstić information content (AvgIpc) is 3.31. The van der Waals surface area contributed by atoms with E-state index >= 15 is 0 Å². The maximum Gasteiger partial charge on any atom is 0.326 e. The lowest BCUT2D eigenvalue weighted by atomic mass is 9.72. The molecule has 1 amide bonds. The molecule has 2 N–H and O–H groups in total. The summed E-state index contributed by atoms with van der Waals surface area (Å²) < 4.78 is 5.73. The molecule has 0 saturated carbocycles. The van der Waals surface area contributed by atoms with Crippen molar-refractivity contribution in [2.75, 3.05) is 7.11 Å². The van der Waals surface area contributed by atoms with E-state index < -0.39 is 29.4 Å². The maximum absolute atomic E-state index is 14.4. The summed E-state index contributed by atoms with van der Waals surface area (Å²) in [5, 5.41) is 14.5. The number of carbonyl (C=O) groups excluding carboxylic acids is 1. The second-order valence-electron chi connectivity index (χ2n) is 13.6. The van der Waals surface area contributed by atoms with Gasteiger partial charge in [-0.3, -0.25) is 4.79 Å². The van der Waals surface area contributed by atoms with Gasteiger partial charge in [0, 0.05) is 24.1 Å². The number of carboxylic acid groups (broad SMARTS) is 1. The Kier molecular flexibility index (Phi) is 9.17. The molecule has 0 unspecified atom stereocenters. The van der Waals surface area contributed by atoms with Gasteiger partial charge >= 0.3 is 5.97 Å². The van der Waals surface area contributed by atoms with E-state index in [0.717, 1.165) is 22.4 Å². The molecule has 1 heterocycles. The highest BCUT2D eigenvalue weighted by Gasteiger charge is 2.58. The van der Waals surface area contributed by atoms with Crippen molar-refractivity contribution in [3.63, 3.8) is 0 Å². The monoisotopic (exact) mass is 570 g/mol. The molecule has 4 rings (SSSR count). The Bertz CT molecular complexity index is 1380. The lowest BCUT2D eigenvalue weighted by Crippen LogP contribution is -2.48. The van der Waals surface area contributed by atoms with Crippen molar-refractivity contribution in [2.24, 2.45) is 11.3 Å². The van der Waals surface area contributed by atoms with Gasteiger partial charge in [-0.25, -0.2) is 4.79 Å². The fourth-order valence-electron chi connectivity index (χ4n) is 6.45. The molecule has 5 atom stereocenters. The van der Waals surface area contributed by atoms with Crippen LogP contribution in [0.3, 0.4) is 0 Å². The van der Waals surface area contributed by atoms with Crippen LogP contribution in [-0.2, 0) is 21.5 Å². The summed E-state index contributed by atoms with van der Waals surface area (Å²) in [6, 6.07) is 23.9. The molecule has 0 aliphatic carbocycles. The molecular formula is C36H46N2O4. The summed E-state index contributed by atoms with van der Waals surface area (Å²) >= 11 is 0. The first-order valence-electron chi connectivity index (χ1n) is 14.8. The van der Waals surface area contributed by atoms with Crippen molar-refractivity contribution >= 4 is 11.9 Å². The molecule has 6 nitrogen and oxygen atoms in total. The predicted octanol–water partition coefficient (Wildman–Crippen LogP) is 6.95. The molecule has 42 heavy (non-hydrogen) atoms. The molecule has 1 aliphatic rings. The van der Waals surface area contributed by atoms with E-state index in [2.05, 4.69) is 59.0 Å². The van der Waals surface area contributed by atoms with E-state index in [0.29, 0.717) is 6.54 Å². The fourth-order valence-corrected chi connectivity index (χ4v) is 6.45. The Morgan fingerprint density at radius 2 is 1.52 bits per heavy atom. The SMILES string of the molecule is COc1ccc(C(C)(C)C)cc1CN[C@H]1[C@H](C(C)(C)C)[C@@H](C(=O)O)N(C(=O)[C@@H](C)c2ccccc2)[C@H]1c1ccccc1. The van der Waals surface area contributed by atoms with Crippen molar-refractivity contribution in [1.82, 2.24) is 10.2 Å². The number of aliphatic carboxylic acids is 1.